The van der Waals surface area contributed by atoms with Gasteiger partial charge in [0.15, 0.2) is 5.58 Å². The van der Waals surface area contributed by atoms with Crippen LogP contribution in [-0.2, 0) is 0 Å². The van der Waals surface area contributed by atoms with Crippen molar-refractivity contribution in [2.45, 2.75) is 0 Å². The van der Waals surface area contributed by atoms with E-state index in [1.54, 1.807) is 0 Å². The fraction of sp³-hybridized carbons (Fsp3) is 0. The van der Waals surface area contributed by atoms with E-state index in [2.05, 4.69) is 181 Å². The van der Waals surface area contributed by atoms with Crippen LogP contribution in [0, 0.1) is 0 Å². The largest absolute Gasteiger partial charge is 0.456 e. The van der Waals surface area contributed by atoms with Crippen molar-refractivity contribution in [2.24, 2.45) is 0 Å². The minimum absolute atomic E-state index is 0.596. The van der Waals surface area contributed by atoms with Crippen LogP contribution < -0.4 is 4.90 Å². The molecule has 12 aromatic rings. The van der Waals surface area contributed by atoms with Gasteiger partial charge in [0.25, 0.3) is 0 Å². The average molecular weight is 781 g/mol. The predicted molar refractivity (Wildman–Crippen MR) is 253 cm³/mol. The lowest BCUT2D eigenvalue weighted by molar-refractivity contribution is 0.617. The molecule has 0 aliphatic carbocycles. The van der Waals surface area contributed by atoms with Gasteiger partial charge >= 0.3 is 0 Å². The number of nitrogens with zero attached hydrogens (tertiary/aromatic N) is 2. The molecule has 0 bridgehead atoms. The Labute approximate surface area is 352 Å². The van der Waals surface area contributed by atoms with E-state index in [1.165, 1.54) is 38.2 Å². The molecule has 0 radical (unpaired) electrons. The lowest BCUT2D eigenvalue weighted by atomic mass is 9.93. The molecule has 0 unspecified atom stereocenters. The van der Waals surface area contributed by atoms with Gasteiger partial charge in [0.1, 0.15) is 16.7 Å². The first kappa shape index (κ1) is 34.8. The van der Waals surface area contributed by atoms with Crippen molar-refractivity contribution in [1.29, 1.82) is 0 Å². The summed E-state index contributed by atoms with van der Waals surface area (Å²) in [7, 11) is 0. The number of anilines is 3. The number of benzene rings is 10. The summed E-state index contributed by atoms with van der Waals surface area (Å²) in [6, 6.07) is 77.3. The number of hydrogen-bond acceptors (Lipinski definition) is 4. The number of rotatable bonds is 7. The Hall–Kier alpha value is -8.21. The summed E-state index contributed by atoms with van der Waals surface area (Å²) in [5.74, 6) is 0.596. The Morgan fingerprint density at radius 2 is 0.951 bits per heavy atom. The molecule has 0 fully saturated rings. The van der Waals surface area contributed by atoms with Crippen LogP contribution in [0.15, 0.2) is 227 Å². The number of fused-ring (bicyclic) bond motifs is 7. The molecule has 0 saturated carbocycles. The van der Waals surface area contributed by atoms with Gasteiger partial charge in [-0.05, 0) is 122 Å². The first-order valence-corrected chi connectivity index (χ1v) is 20.6. The maximum atomic E-state index is 6.45. The van der Waals surface area contributed by atoms with Crippen molar-refractivity contribution in [2.75, 3.05) is 4.90 Å². The maximum absolute atomic E-state index is 6.45. The molecule has 0 N–H and O–H groups in total. The van der Waals surface area contributed by atoms with Crippen LogP contribution in [0.5, 0.6) is 0 Å². The van der Waals surface area contributed by atoms with E-state index in [-0.39, 0.29) is 0 Å². The molecular weight excluding hydrogens is 745 g/mol. The van der Waals surface area contributed by atoms with Gasteiger partial charge < -0.3 is 13.7 Å². The SMILES string of the molecule is c1ccc(-c2cccc(N(c3ccc(-c4cc5ccccc5c5ccccc45)cc3)c3ccc(-c4cccc5oc6cc7oc(-c8ccccc8)nc7cc6c45)cc3)c2)cc1. The zero-order chi connectivity index (χ0) is 40.3. The first-order chi connectivity index (χ1) is 30.2. The second kappa shape index (κ2) is 14.3. The van der Waals surface area contributed by atoms with Gasteiger partial charge in [0, 0.05) is 39.5 Å². The minimum atomic E-state index is 0.596. The Morgan fingerprint density at radius 1 is 0.328 bits per heavy atom. The Kier molecular flexibility index (Phi) is 8.13. The molecule has 4 heteroatoms. The van der Waals surface area contributed by atoms with Crippen LogP contribution in [0.25, 0.3) is 99.4 Å². The maximum Gasteiger partial charge on any atom is 0.227 e. The molecule has 0 aliphatic heterocycles. The number of oxazole rings is 1. The second-order valence-electron chi connectivity index (χ2n) is 15.5. The summed E-state index contributed by atoms with van der Waals surface area (Å²) in [5, 5.41) is 7.09. The van der Waals surface area contributed by atoms with E-state index < -0.39 is 0 Å². The second-order valence-corrected chi connectivity index (χ2v) is 15.5. The molecule has 0 amide bonds. The lowest BCUT2D eigenvalue weighted by Crippen LogP contribution is -2.10. The summed E-state index contributed by atoms with van der Waals surface area (Å²) >= 11 is 0. The van der Waals surface area contributed by atoms with Crippen molar-refractivity contribution >= 4 is 71.6 Å². The highest BCUT2D eigenvalue weighted by Gasteiger charge is 2.19. The average Bonchev–Trinajstić information content (AvgIpc) is 3.92. The van der Waals surface area contributed by atoms with Crippen LogP contribution in [0.3, 0.4) is 0 Å². The standard InChI is InChI=1S/C57H36N2O2/c1-3-13-37(14-4-1)41-18-11-19-45(33-41)59(44-31-27-39(28-32-44)50-34-42-17-7-8-20-46(42)48-21-9-10-22-49(48)50)43-29-25-38(26-30-43)47-23-12-24-53-56(47)51-35-52-55(36-54(51)60-53)61-57(58-52)40-15-5-2-6-16-40/h1-36H. The zero-order valence-electron chi connectivity index (χ0n) is 33.0. The lowest BCUT2D eigenvalue weighted by Gasteiger charge is -2.26. The third kappa shape index (κ3) is 6.04. The Balaban J connectivity index is 0.958. The van der Waals surface area contributed by atoms with Crippen LogP contribution in [0.4, 0.5) is 17.1 Å². The van der Waals surface area contributed by atoms with Gasteiger partial charge in [0.2, 0.25) is 5.89 Å². The van der Waals surface area contributed by atoms with Crippen LogP contribution in [0.1, 0.15) is 0 Å². The molecule has 2 heterocycles. The summed E-state index contributed by atoms with van der Waals surface area (Å²) in [6.45, 7) is 0. The molecule has 0 saturated heterocycles. The van der Waals surface area contributed by atoms with Crippen LogP contribution >= 0.6 is 0 Å². The van der Waals surface area contributed by atoms with E-state index in [9.17, 15) is 0 Å². The van der Waals surface area contributed by atoms with Gasteiger partial charge in [-0.15, -0.1) is 0 Å². The van der Waals surface area contributed by atoms with Gasteiger partial charge in [-0.2, -0.15) is 0 Å². The minimum Gasteiger partial charge on any atom is -0.456 e. The molecule has 61 heavy (non-hydrogen) atoms. The molecule has 10 aromatic carbocycles. The summed E-state index contributed by atoms with van der Waals surface area (Å²) < 4.78 is 12.7. The number of aromatic nitrogens is 1. The van der Waals surface area contributed by atoms with Crippen molar-refractivity contribution in [1.82, 2.24) is 4.98 Å². The smallest absolute Gasteiger partial charge is 0.227 e. The highest BCUT2D eigenvalue weighted by Crippen LogP contribution is 2.43. The molecular formula is C57H36N2O2. The summed E-state index contributed by atoms with van der Waals surface area (Å²) in [5.41, 5.74) is 14.2. The van der Waals surface area contributed by atoms with E-state index in [0.717, 1.165) is 66.8 Å². The fourth-order valence-corrected chi connectivity index (χ4v) is 8.97. The summed E-state index contributed by atoms with van der Waals surface area (Å²) in [6.07, 6.45) is 0. The Morgan fingerprint density at radius 3 is 1.70 bits per heavy atom. The molecule has 12 rings (SSSR count). The van der Waals surface area contributed by atoms with Crippen molar-refractivity contribution in [3.63, 3.8) is 0 Å². The Bertz CT molecular complexity index is 3570. The molecule has 0 atom stereocenters. The fourth-order valence-electron chi connectivity index (χ4n) is 8.97. The van der Waals surface area contributed by atoms with E-state index in [0.29, 0.717) is 11.5 Å². The van der Waals surface area contributed by atoms with Crippen molar-refractivity contribution in [3.8, 4) is 44.8 Å². The van der Waals surface area contributed by atoms with Crippen molar-refractivity contribution < 1.29 is 8.83 Å². The normalized spacial score (nSPS) is 11.6. The quantitative estimate of drug-likeness (QED) is 0.151. The van der Waals surface area contributed by atoms with Crippen LogP contribution in [0.2, 0.25) is 0 Å². The van der Waals surface area contributed by atoms with Gasteiger partial charge in [0.05, 0.1) is 0 Å². The predicted octanol–water partition coefficient (Wildman–Crippen LogP) is 16.2. The summed E-state index contributed by atoms with van der Waals surface area (Å²) in [4.78, 5) is 7.22. The van der Waals surface area contributed by atoms with Crippen LogP contribution in [-0.4, -0.2) is 4.98 Å². The highest BCUT2D eigenvalue weighted by atomic mass is 16.4. The first-order valence-electron chi connectivity index (χ1n) is 20.6. The molecule has 0 aliphatic rings. The molecule has 4 nitrogen and oxygen atoms in total. The highest BCUT2D eigenvalue weighted by molar-refractivity contribution is 6.15. The number of hydrogen-bond donors (Lipinski definition) is 0. The van der Waals surface area contributed by atoms with E-state index >= 15 is 0 Å². The molecule has 2 aromatic heterocycles. The zero-order valence-corrected chi connectivity index (χ0v) is 33.0. The molecule has 0 spiro atoms. The molecule has 286 valence electrons. The van der Waals surface area contributed by atoms with E-state index in [1.807, 2.05) is 42.5 Å². The van der Waals surface area contributed by atoms with Gasteiger partial charge in [-0.25, -0.2) is 4.98 Å². The monoisotopic (exact) mass is 780 g/mol. The van der Waals surface area contributed by atoms with Gasteiger partial charge in [-0.1, -0.05) is 146 Å². The van der Waals surface area contributed by atoms with Crippen molar-refractivity contribution in [3.05, 3.63) is 218 Å². The third-order valence-corrected chi connectivity index (χ3v) is 11.9. The van der Waals surface area contributed by atoms with E-state index in [4.69, 9.17) is 13.8 Å². The third-order valence-electron chi connectivity index (χ3n) is 11.9. The topological polar surface area (TPSA) is 42.4 Å². The van der Waals surface area contributed by atoms with Gasteiger partial charge in [-0.3, -0.25) is 0 Å². The number of furan rings is 1.